The van der Waals surface area contributed by atoms with Crippen molar-refractivity contribution < 1.29 is 22.7 Å². The summed E-state index contributed by atoms with van der Waals surface area (Å²) < 4.78 is 37.6. The van der Waals surface area contributed by atoms with Crippen LogP contribution in [0.3, 0.4) is 0 Å². The number of hydrogen-bond acceptors (Lipinski definition) is 5. The number of carbonyl (C=O) groups is 1. The van der Waals surface area contributed by atoms with Gasteiger partial charge in [0, 0.05) is 19.2 Å². The normalized spacial score (nSPS) is 11.4. The van der Waals surface area contributed by atoms with Crippen LogP contribution >= 0.6 is 0 Å². The molecule has 0 heterocycles. The van der Waals surface area contributed by atoms with Crippen molar-refractivity contribution in [2.75, 3.05) is 20.8 Å². The molecule has 2 aromatic carbocycles. The van der Waals surface area contributed by atoms with E-state index in [2.05, 4.69) is 0 Å². The number of carbonyl (C=O) groups excluding carboxylic acids is 1. The zero-order valence-electron chi connectivity index (χ0n) is 15.4. The summed E-state index contributed by atoms with van der Waals surface area (Å²) in [6.45, 7) is 3.95. The van der Waals surface area contributed by atoms with Gasteiger partial charge in [0.2, 0.25) is 10.0 Å². The lowest BCUT2D eigenvalue weighted by Crippen LogP contribution is -2.26. The van der Waals surface area contributed by atoms with Gasteiger partial charge >= 0.3 is 0 Å². The van der Waals surface area contributed by atoms with Crippen LogP contribution in [0.25, 0.3) is 0 Å². The quantitative estimate of drug-likeness (QED) is 0.661. The number of hydrogen-bond donors (Lipinski definition) is 0. The van der Waals surface area contributed by atoms with Gasteiger partial charge in [-0.25, -0.2) is 8.42 Å². The van der Waals surface area contributed by atoms with Crippen molar-refractivity contribution >= 4 is 15.8 Å². The second-order valence-electron chi connectivity index (χ2n) is 5.76. The first-order chi connectivity index (χ1) is 12.3. The molecule has 0 radical (unpaired) electrons. The van der Waals surface area contributed by atoms with E-state index in [-0.39, 0.29) is 17.2 Å². The molecule has 0 aliphatic rings. The molecule has 0 aromatic heterocycles. The third-order valence-corrected chi connectivity index (χ3v) is 5.68. The third kappa shape index (κ3) is 4.42. The van der Waals surface area contributed by atoms with Crippen molar-refractivity contribution in [2.24, 2.45) is 0 Å². The van der Waals surface area contributed by atoms with E-state index in [0.29, 0.717) is 23.7 Å². The standard InChI is InChI=1S/C19H23NO5S/c1-5-25-18-10-9-15(11-19(18)24-4)13-20(3)26(22,23)17-8-6-7-16(12-17)14(2)21/h6-12H,5,13H2,1-4H3. The number of rotatable bonds is 8. The van der Waals surface area contributed by atoms with Crippen molar-refractivity contribution in [1.82, 2.24) is 4.31 Å². The van der Waals surface area contributed by atoms with E-state index in [9.17, 15) is 13.2 Å². The fraction of sp³-hybridized carbons (Fsp3) is 0.316. The molecule has 0 aliphatic heterocycles. The topological polar surface area (TPSA) is 72.9 Å². The molecule has 0 N–H and O–H groups in total. The molecule has 0 bridgehead atoms. The van der Waals surface area contributed by atoms with Crippen molar-refractivity contribution in [1.29, 1.82) is 0 Å². The van der Waals surface area contributed by atoms with E-state index < -0.39 is 10.0 Å². The second kappa shape index (κ2) is 8.33. The maximum absolute atomic E-state index is 12.8. The van der Waals surface area contributed by atoms with Crippen LogP contribution in [0.1, 0.15) is 29.8 Å². The van der Waals surface area contributed by atoms with Crippen LogP contribution in [0.5, 0.6) is 11.5 Å². The third-order valence-electron chi connectivity index (χ3n) is 3.88. The number of ether oxygens (including phenoxy) is 2. The molecule has 0 unspecified atom stereocenters. The Balaban J connectivity index is 2.27. The fourth-order valence-electron chi connectivity index (χ4n) is 2.48. The second-order valence-corrected chi connectivity index (χ2v) is 7.81. The number of methoxy groups -OCH3 is 1. The monoisotopic (exact) mass is 377 g/mol. The molecule has 0 fully saturated rings. The first kappa shape index (κ1) is 19.9. The minimum Gasteiger partial charge on any atom is -0.493 e. The van der Waals surface area contributed by atoms with Gasteiger partial charge in [0.25, 0.3) is 0 Å². The minimum atomic E-state index is -3.72. The summed E-state index contributed by atoms with van der Waals surface area (Å²) in [5, 5.41) is 0. The van der Waals surface area contributed by atoms with Gasteiger partial charge < -0.3 is 9.47 Å². The van der Waals surface area contributed by atoms with Gasteiger partial charge in [0.1, 0.15) is 0 Å². The van der Waals surface area contributed by atoms with Crippen LogP contribution in [0.2, 0.25) is 0 Å². The predicted molar refractivity (Wildman–Crippen MR) is 99.3 cm³/mol. The van der Waals surface area contributed by atoms with Crippen molar-refractivity contribution in [3.05, 3.63) is 53.6 Å². The maximum atomic E-state index is 12.8. The van der Waals surface area contributed by atoms with Gasteiger partial charge in [-0.3, -0.25) is 4.79 Å². The number of nitrogens with zero attached hydrogens (tertiary/aromatic N) is 1. The molecule has 0 saturated heterocycles. The van der Waals surface area contributed by atoms with E-state index in [1.165, 1.54) is 37.5 Å². The summed E-state index contributed by atoms with van der Waals surface area (Å²) >= 11 is 0. The van der Waals surface area contributed by atoms with Crippen LogP contribution < -0.4 is 9.47 Å². The average Bonchev–Trinajstić information content (AvgIpc) is 2.63. The van der Waals surface area contributed by atoms with Crippen LogP contribution in [-0.2, 0) is 16.6 Å². The summed E-state index contributed by atoms with van der Waals surface area (Å²) in [6, 6.07) is 11.4. The average molecular weight is 377 g/mol. The lowest BCUT2D eigenvalue weighted by atomic mass is 10.2. The lowest BCUT2D eigenvalue weighted by Gasteiger charge is -2.18. The first-order valence-electron chi connectivity index (χ1n) is 8.16. The Hall–Kier alpha value is -2.38. The van der Waals surface area contributed by atoms with Crippen LogP contribution in [-0.4, -0.2) is 39.3 Å². The smallest absolute Gasteiger partial charge is 0.243 e. The molecule has 0 atom stereocenters. The highest BCUT2D eigenvalue weighted by molar-refractivity contribution is 7.89. The Bertz CT molecular complexity index is 893. The van der Waals surface area contributed by atoms with Gasteiger partial charge in [-0.2, -0.15) is 4.31 Å². The molecular formula is C19H23NO5S. The summed E-state index contributed by atoms with van der Waals surface area (Å²) in [4.78, 5) is 11.6. The Morgan fingerprint density at radius 1 is 1.12 bits per heavy atom. The SMILES string of the molecule is CCOc1ccc(CN(C)S(=O)(=O)c2cccc(C(C)=O)c2)cc1OC. The highest BCUT2D eigenvalue weighted by Gasteiger charge is 2.22. The van der Waals surface area contributed by atoms with Crippen molar-refractivity contribution in [2.45, 2.75) is 25.3 Å². The molecule has 2 rings (SSSR count). The van der Waals surface area contributed by atoms with Crippen LogP contribution in [0.4, 0.5) is 0 Å². The minimum absolute atomic E-state index is 0.0885. The Labute approximate surface area is 154 Å². The van der Waals surface area contributed by atoms with E-state index in [1.807, 2.05) is 6.92 Å². The number of Topliss-reactive ketones (excluding diaryl/α,β-unsaturated/α-hetero) is 1. The van der Waals surface area contributed by atoms with E-state index in [1.54, 1.807) is 30.3 Å². The van der Waals surface area contributed by atoms with Gasteiger partial charge in [0.05, 0.1) is 18.6 Å². The highest BCUT2D eigenvalue weighted by Crippen LogP contribution is 2.29. The van der Waals surface area contributed by atoms with Crippen LogP contribution in [0.15, 0.2) is 47.4 Å². The molecule has 2 aromatic rings. The molecule has 140 valence electrons. The Kier molecular flexibility index (Phi) is 6.39. The number of benzene rings is 2. The summed E-state index contributed by atoms with van der Waals surface area (Å²) in [5.41, 5.74) is 1.13. The van der Waals surface area contributed by atoms with Gasteiger partial charge in [-0.1, -0.05) is 18.2 Å². The summed E-state index contributed by atoms with van der Waals surface area (Å²) in [6.07, 6.45) is 0. The Morgan fingerprint density at radius 2 is 1.85 bits per heavy atom. The number of ketones is 1. The zero-order valence-corrected chi connectivity index (χ0v) is 16.2. The van der Waals surface area contributed by atoms with Crippen molar-refractivity contribution in [3.63, 3.8) is 0 Å². The molecule has 0 saturated carbocycles. The predicted octanol–water partition coefficient (Wildman–Crippen LogP) is 3.12. The fourth-order valence-corrected chi connectivity index (χ4v) is 3.69. The molecule has 26 heavy (non-hydrogen) atoms. The molecule has 7 heteroatoms. The summed E-state index contributed by atoms with van der Waals surface area (Å²) in [7, 11) is -0.688. The molecule has 6 nitrogen and oxygen atoms in total. The molecule has 0 amide bonds. The summed E-state index contributed by atoms with van der Waals surface area (Å²) in [5.74, 6) is 0.980. The van der Waals surface area contributed by atoms with Gasteiger partial charge in [-0.05, 0) is 43.7 Å². The Morgan fingerprint density at radius 3 is 2.46 bits per heavy atom. The highest BCUT2D eigenvalue weighted by atomic mass is 32.2. The van der Waals surface area contributed by atoms with Gasteiger partial charge in [0.15, 0.2) is 17.3 Å². The van der Waals surface area contributed by atoms with E-state index in [4.69, 9.17) is 9.47 Å². The first-order valence-corrected chi connectivity index (χ1v) is 9.60. The largest absolute Gasteiger partial charge is 0.493 e. The van der Waals surface area contributed by atoms with Crippen molar-refractivity contribution in [3.8, 4) is 11.5 Å². The van der Waals surface area contributed by atoms with Gasteiger partial charge in [-0.15, -0.1) is 0 Å². The van der Waals surface area contributed by atoms with Crippen LogP contribution in [0, 0.1) is 0 Å². The zero-order chi connectivity index (χ0) is 19.3. The van der Waals surface area contributed by atoms with E-state index >= 15 is 0 Å². The number of sulfonamides is 1. The van der Waals surface area contributed by atoms with E-state index in [0.717, 1.165) is 5.56 Å². The molecule has 0 spiro atoms. The molecular weight excluding hydrogens is 354 g/mol. The lowest BCUT2D eigenvalue weighted by molar-refractivity contribution is 0.101. The molecule has 0 aliphatic carbocycles. The maximum Gasteiger partial charge on any atom is 0.243 e.